The van der Waals surface area contributed by atoms with Crippen LogP contribution in [0.1, 0.15) is 16.8 Å². The maximum atomic E-state index is 9.21. The Bertz CT molecular complexity index is 1440. The summed E-state index contributed by atoms with van der Waals surface area (Å²) in [5.41, 5.74) is 7.30. The number of fused-ring (bicyclic) bond motifs is 1. The van der Waals surface area contributed by atoms with Crippen molar-refractivity contribution in [1.29, 1.82) is 5.26 Å². The third kappa shape index (κ3) is 3.67. The zero-order chi connectivity index (χ0) is 21.2. The molecule has 0 bridgehead atoms. The van der Waals surface area contributed by atoms with E-state index in [0.717, 1.165) is 44.7 Å². The molecule has 0 saturated heterocycles. The average molecular weight is 401 g/mol. The van der Waals surface area contributed by atoms with Gasteiger partial charge in [0.1, 0.15) is 5.69 Å². The van der Waals surface area contributed by atoms with E-state index >= 15 is 0 Å². The number of rotatable bonds is 4. The summed E-state index contributed by atoms with van der Waals surface area (Å²) in [6.45, 7) is 2.55. The van der Waals surface area contributed by atoms with Gasteiger partial charge in [0.25, 0.3) is 0 Å². The summed E-state index contributed by atoms with van der Waals surface area (Å²) >= 11 is 0. The lowest BCUT2D eigenvalue weighted by Crippen LogP contribution is -2.01. The fourth-order valence-corrected chi connectivity index (χ4v) is 3.82. The van der Waals surface area contributed by atoms with Gasteiger partial charge in [-0.25, -0.2) is 0 Å². The molecule has 3 heterocycles. The van der Waals surface area contributed by atoms with Crippen LogP contribution in [0.3, 0.4) is 0 Å². The number of nitriles is 1. The summed E-state index contributed by atoms with van der Waals surface area (Å²) in [7, 11) is 0. The van der Waals surface area contributed by atoms with Crippen molar-refractivity contribution in [2.24, 2.45) is 0 Å². The van der Waals surface area contributed by atoms with Crippen LogP contribution in [0.15, 0.2) is 85.2 Å². The minimum Gasteiger partial charge on any atom is -0.267 e. The smallest absolute Gasteiger partial charge is 0.119 e. The van der Waals surface area contributed by atoms with Crippen molar-refractivity contribution < 1.29 is 0 Å². The van der Waals surface area contributed by atoms with Crippen molar-refractivity contribution in [2.45, 2.75) is 13.5 Å². The number of nitrogens with zero attached hydrogens (tertiary/aromatic N) is 5. The molecular formula is C26H19N5. The van der Waals surface area contributed by atoms with E-state index in [1.807, 2.05) is 84.5 Å². The molecule has 2 aromatic carbocycles. The molecule has 0 aliphatic rings. The van der Waals surface area contributed by atoms with Gasteiger partial charge in [-0.15, -0.1) is 0 Å². The number of para-hydroxylation sites is 1. The van der Waals surface area contributed by atoms with Gasteiger partial charge in [0.05, 0.1) is 29.4 Å². The van der Waals surface area contributed by atoms with Crippen LogP contribution in [0.5, 0.6) is 0 Å². The Labute approximate surface area is 180 Å². The molecule has 5 aromatic rings. The first-order chi connectivity index (χ1) is 15.2. The minimum atomic E-state index is 0.567. The SMILES string of the molecule is Cc1cccc(-c2nn(Cc3cccc(C#N)c3)cc2-c2ccnc3ccccc23)n1. The highest BCUT2D eigenvalue weighted by atomic mass is 15.3. The maximum Gasteiger partial charge on any atom is 0.119 e. The summed E-state index contributed by atoms with van der Waals surface area (Å²) in [4.78, 5) is 9.23. The number of hydrogen-bond donors (Lipinski definition) is 0. The summed E-state index contributed by atoms with van der Waals surface area (Å²) in [5.74, 6) is 0. The number of aryl methyl sites for hydroxylation is 1. The van der Waals surface area contributed by atoms with E-state index in [1.54, 1.807) is 0 Å². The summed E-state index contributed by atoms with van der Waals surface area (Å²) in [6, 6.07) is 25.9. The van der Waals surface area contributed by atoms with E-state index in [2.05, 4.69) is 23.3 Å². The van der Waals surface area contributed by atoms with Crippen LogP contribution in [0.25, 0.3) is 33.4 Å². The predicted octanol–water partition coefficient (Wildman–Crippen LogP) is 5.39. The van der Waals surface area contributed by atoms with E-state index in [-0.39, 0.29) is 0 Å². The Morgan fingerprint density at radius 3 is 2.68 bits per heavy atom. The van der Waals surface area contributed by atoms with Gasteiger partial charge in [-0.05, 0) is 54.4 Å². The number of aromatic nitrogens is 4. The fraction of sp³-hybridized carbons (Fsp3) is 0.0769. The normalized spacial score (nSPS) is 10.8. The van der Waals surface area contributed by atoms with Gasteiger partial charge < -0.3 is 0 Å². The molecule has 0 amide bonds. The van der Waals surface area contributed by atoms with Gasteiger partial charge in [-0.1, -0.05) is 36.4 Å². The lowest BCUT2D eigenvalue weighted by atomic mass is 10.0. The molecule has 0 radical (unpaired) electrons. The molecule has 31 heavy (non-hydrogen) atoms. The molecule has 5 heteroatoms. The second-order valence-corrected chi connectivity index (χ2v) is 7.44. The first kappa shape index (κ1) is 18.7. The zero-order valence-electron chi connectivity index (χ0n) is 17.0. The van der Waals surface area contributed by atoms with Crippen molar-refractivity contribution in [3.63, 3.8) is 0 Å². The van der Waals surface area contributed by atoms with Gasteiger partial charge in [0.15, 0.2) is 0 Å². The van der Waals surface area contributed by atoms with Crippen molar-refractivity contribution in [2.75, 3.05) is 0 Å². The van der Waals surface area contributed by atoms with Gasteiger partial charge >= 0.3 is 0 Å². The van der Waals surface area contributed by atoms with E-state index in [1.165, 1.54) is 0 Å². The molecule has 0 unspecified atom stereocenters. The standard InChI is InChI=1S/C26H19N5/c1-18-6-4-11-25(29-18)26-23(21-12-13-28-24-10-3-2-9-22(21)24)17-31(30-26)16-20-8-5-7-19(14-20)15-27/h2-14,17H,16H2,1H3. The van der Waals surface area contributed by atoms with Crippen molar-refractivity contribution >= 4 is 10.9 Å². The zero-order valence-corrected chi connectivity index (χ0v) is 17.0. The van der Waals surface area contributed by atoms with E-state index in [0.29, 0.717) is 12.1 Å². The minimum absolute atomic E-state index is 0.567. The van der Waals surface area contributed by atoms with Gasteiger partial charge in [0.2, 0.25) is 0 Å². The van der Waals surface area contributed by atoms with Crippen LogP contribution in [0.2, 0.25) is 0 Å². The maximum absolute atomic E-state index is 9.21. The molecule has 0 spiro atoms. The Morgan fingerprint density at radius 1 is 0.935 bits per heavy atom. The summed E-state index contributed by atoms with van der Waals surface area (Å²) in [6.07, 6.45) is 3.89. The Hall–Kier alpha value is -4.30. The van der Waals surface area contributed by atoms with Crippen LogP contribution < -0.4 is 0 Å². The van der Waals surface area contributed by atoms with Gasteiger partial charge in [-0.3, -0.25) is 14.6 Å². The monoisotopic (exact) mass is 401 g/mol. The molecule has 0 fully saturated rings. The molecule has 5 nitrogen and oxygen atoms in total. The molecule has 0 aliphatic heterocycles. The van der Waals surface area contributed by atoms with Crippen molar-refractivity contribution in [3.8, 4) is 28.6 Å². The van der Waals surface area contributed by atoms with Crippen molar-refractivity contribution in [3.05, 3.63) is 102 Å². The Kier molecular flexibility index (Phi) is 4.74. The van der Waals surface area contributed by atoms with E-state index in [4.69, 9.17) is 10.1 Å². The van der Waals surface area contributed by atoms with Crippen LogP contribution in [-0.4, -0.2) is 19.7 Å². The molecule has 5 rings (SSSR count). The number of benzene rings is 2. The van der Waals surface area contributed by atoms with Crippen LogP contribution in [0.4, 0.5) is 0 Å². The van der Waals surface area contributed by atoms with E-state index < -0.39 is 0 Å². The molecule has 0 atom stereocenters. The Morgan fingerprint density at radius 2 is 1.81 bits per heavy atom. The van der Waals surface area contributed by atoms with Crippen LogP contribution >= 0.6 is 0 Å². The lowest BCUT2D eigenvalue weighted by molar-refractivity contribution is 0.689. The summed E-state index contributed by atoms with van der Waals surface area (Å²) in [5, 5.41) is 15.2. The average Bonchev–Trinajstić information content (AvgIpc) is 3.22. The lowest BCUT2D eigenvalue weighted by Gasteiger charge is -2.06. The highest BCUT2D eigenvalue weighted by Gasteiger charge is 2.17. The fourth-order valence-electron chi connectivity index (χ4n) is 3.82. The summed E-state index contributed by atoms with van der Waals surface area (Å²) < 4.78 is 1.92. The third-order valence-electron chi connectivity index (χ3n) is 5.23. The van der Waals surface area contributed by atoms with Crippen LogP contribution in [-0.2, 0) is 6.54 Å². The number of hydrogen-bond acceptors (Lipinski definition) is 4. The van der Waals surface area contributed by atoms with Crippen molar-refractivity contribution in [1.82, 2.24) is 19.7 Å². The highest BCUT2D eigenvalue weighted by molar-refractivity contribution is 5.97. The quantitative estimate of drug-likeness (QED) is 0.405. The second-order valence-electron chi connectivity index (χ2n) is 7.44. The van der Waals surface area contributed by atoms with Crippen LogP contribution in [0, 0.1) is 18.3 Å². The topological polar surface area (TPSA) is 67.4 Å². The first-order valence-electron chi connectivity index (χ1n) is 10.1. The third-order valence-corrected chi connectivity index (χ3v) is 5.23. The molecule has 0 aliphatic carbocycles. The van der Waals surface area contributed by atoms with Gasteiger partial charge in [-0.2, -0.15) is 10.4 Å². The van der Waals surface area contributed by atoms with E-state index in [9.17, 15) is 5.26 Å². The molecule has 0 N–H and O–H groups in total. The Balaban J connectivity index is 1.68. The first-order valence-corrected chi connectivity index (χ1v) is 10.1. The molecule has 148 valence electrons. The predicted molar refractivity (Wildman–Crippen MR) is 121 cm³/mol. The van der Waals surface area contributed by atoms with Gasteiger partial charge in [0, 0.05) is 29.0 Å². The number of pyridine rings is 2. The highest BCUT2D eigenvalue weighted by Crippen LogP contribution is 2.34. The largest absolute Gasteiger partial charge is 0.267 e. The molecule has 3 aromatic heterocycles. The second kappa shape index (κ2) is 7.85. The molecule has 0 saturated carbocycles. The molecular weight excluding hydrogens is 382 g/mol.